The van der Waals surface area contributed by atoms with Gasteiger partial charge >= 0.3 is 0 Å². The molecule has 0 bridgehead atoms. The average Bonchev–Trinajstić information content (AvgIpc) is 2.84. The summed E-state index contributed by atoms with van der Waals surface area (Å²) in [5.41, 5.74) is 3.21. The largest absolute Gasteiger partial charge is 0.487 e. The molecule has 2 aromatic carbocycles. The maximum atomic E-state index is 13.4. The zero-order valence-electron chi connectivity index (χ0n) is 13.1. The highest BCUT2D eigenvalue weighted by atomic mass is 19.1. The fraction of sp³-hybridized carbons (Fsp3) is 0.263. The number of para-hydroxylation sites is 1. The number of halogens is 1. The molecule has 0 aliphatic carbocycles. The van der Waals surface area contributed by atoms with Crippen molar-refractivity contribution in [1.29, 1.82) is 0 Å². The lowest BCUT2D eigenvalue weighted by Gasteiger charge is -2.16. The van der Waals surface area contributed by atoms with E-state index in [0.717, 1.165) is 27.9 Å². The third-order valence-corrected chi connectivity index (χ3v) is 3.87. The van der Waals surface area contributed by atoms with Crippen LogP contribution in [0.15, 0.2) is 48.5 Å². The molecule has 3 rings (SSSR count). The van der Waals surface area contributed by atoms with Crippen molar-refractivity contribution in [3.8, 4) is 5.75 Å². The third-order valence-electron chi connectivity index (χ3n) is 3.87. The monoisotopic (exact) mass is 297 g/mol. The standard InChI is InChI=1S/C19H20FNO/c1-13(2)21-17(11-15-10-16(20)8-9-18(15)21)12-22-19-7-5-4-6-14(19)3/h4-11,13H,12H2,1-3H3. The van der Waals surface area contributed by atoms with Gasteiger partial charge in [0.25, 0.3) is 0 Å². The summed E-state index contributed by atoms with van der Waals surface area (Å²) in [6, 6.07) is 15.2. The maximum Gasteiger partial charge on any atom is 0.128 e. The maximum absolute atomic E-state index is 13.4. The molecule has 114 valence electrons. The molecule has 0 fully saturated rings. The van der Waals surface area contributed by atoms with E-state index in [0.29, 0.717) is 12.6 Å². The van der Waals surface area contributed by atoms with Gasteiger partial charge in [0.15, 0.2) is 0 Å². The van der Waals surface area contributed by atoms with Crippen LogP contribution in [0.4, 0.5) is 4.39 Å². The van der Waals surface area contributed by atoms with Gasteiger partial charge in [0.1, 0.15) is 18.2 Å². The van der Waals surface area contributed by atoms with E-state index >= 15 is 0 Å². The van der Waals surface area contributed by atoms with Crippen LogP contribution in [0.1, 0.15) is 31.1 Å². The predicted octanol–water partition coefficient (Wildman–Crippen LogP) is 5.25. The minimum absolute atomic E-state index is 0.209. The highest BCUT2D eigenvalue weighted by Crippen LogP contribution is 2.26. The lowest BCUT2D eigenvalue weighted by Crippen LogP contribution is -2.08. The highest BCUT2D eigenvalue weighted by Gasteiger charge is 2.13. The molecule has 0 N–H and O–H groups in total. The second-order valence-electron chi connectivity index (χ2n) is 5.86. The molecule has 2 nitrogen and oxygen atoms in total. The second kappa shape index (κ2) is 5.84. The van der Waals surface area contributed by atoms with Crippen molar-refractivity contribution in [1.82, 2.24) is 4.57 Å². The number of hydrogen-bond donors (Lipinski definition) is 0. The van der Waals surface area contributed by atoms with Crippen molar-refractivity contribution in [2.45, 2.75) is 33.4 Å². The van der Waals surface area contributed by atoms with Crippen LogP contribution in [0.25, 0.3) is 10.9 Å². The molecule has 3 aromatic rings. The summed E-state index contributed by atoms with van der Waals surface area (Å²) in [6.07, 6.45) is 0. The zero-order valence-corrected chi connectivity index (χ0v) is 13.1. The van der Waals surface area contributed by atoms with Crippen LogP contribution >= 0.6 is 0 Å². The van der Waals surface area contributed by atoms with E-state index < -0.39 is 0 Å². The number of nitrogens with zero attached hydrogens (tertiary/aromatic N) is 1. The van der Waals surface area contributed by atoms with Crippen LogP contribution in [0.5, 0.6) is 5.75 Å². The summed E-state index contributed by atoms with van der Waals surface area (Å²) in [5.74, 6) is 0.675. The SMILES string of the molecule is Cc1ccccc1OCc1cc2cc(F)ccc2n1C(C)C. The normalized spacial score (nSPS) is 11.3. The molecular formula is C19H20FNO. The molecule has 0 radical (unpaired) electrons. The van der Waals surface area contributed by atoms with Gasteiger partial charge in [0.2, 0.25) is 0 Å². The Morgan fingerprint density at radius 1 is 1.09 bits per heavy atom. The molecule has 3 heteroatoms. The minimum Gasteiger partial charge on any atom is -0.487 e. The summed E-state index contributed by atoms with van der Waals surface area (Å²) in [4.78, 5) is 0. The van der Waals surface area contributed by atoms with Gasteiger partial charge in [-0.15, -0.1) is 0 Å². The summed E-state index contributed by atoms with van der Waals surface area (Å²) in [7, 11) is 0. The van der Waals surface area contributed by atoms with Crippen LogP contribution in [0.2, 0.25) is 0 Å². The Hall–Kier alpha value is -2.29. The Balaban J connectivity index is 1.96. The van der Waals surface area contributed by atoms with Gasteiger partial charge < -0.3 is 9.30 Å². The Labute approximate surface area is 130 Å². The predicted molar refractivity (Wildman–Crippen MR) is 87.8 cm³/mol. The summed E-state index contributed by atoms with van der Waals surface area (Å²) in [6.45, 7) is 6.75. The van der Waals surface area contributed by atoms with E-state index in [4.69, 9.17) is 4.74 Å². The van der Waals surface area contributed by atoms with Crippen molar-refractivity contribution in [2.75, 3.05) is 0 Å². The van der Waals surface area contributed by atoms with Gasteiger partial charge in [-0.3, -0.25) is 0 Å². The first-order chi connectivity index (χ1) is 10.6. The first kappa shape index (κ1) is 14.6. The van der Waals surface area contributed by atoms with E-state index in [1.807, 2.05) is 43.3 Å². The van der Waals surface area contributed by atoms with Gasteiger partial charge in [-0.1, -0.05) is 18.2 Å². The van der Waals surface area contributed by atoms with Gasteiger partial charge in [-0.25, -0.2) is 4.39 Å². The molecule has 0 saturated carbocycles. The molecule has 0 aliphatic rings. The Kier molecular flexibility index (Phi) is 3.88. The topological polar surface area (TPSA) is 14.2 Å². The van der Waals surface area contributed by atoms with Crippen molar-refractivity contribution in [2.24, 2.45) is 0 Å². The summed E-state index contributed by atoms with van der Waals surface area (Å²) >= 11 is 0. The number of rotatable bonds is 4. The van der Waals surface area contributed by atoms with Gasteiger partial charge in [0, 0.05) is 16.9 Å². The lowest BCUT2D eigenvalue weighted by atomic mass is 10.2. The smallest absolute Gasteiger partial charge is 0.128 e. The molecule has 0 amide bonds. The zero-order chi connectivity index (χ0) is 15.7. The van der Waals surface area contributed by atoms with Crippen LogP contribution < -0.4 is 4.74 Å². The molecule has 0 aliphatic heterocycles. The van der Waals surface area contributed by atoms with E-state index in [1.54, 1.807) is 6.07 Å². The van der Waals surface area contributed by atoms with Crippen LogP contribution in [0.3, 0.4) is 0 Å². The fourth-order valence-corrected chi connectivity index (χ4v) is 2.86. The van der Waals surface area contributed by atoms with Crippen molar-refractivity contribution in [3.63, 3.8) is 0 Å². The molecule has 0 spiro atoms. The Bertz CT molecular complexity index is 804. The fourth-order valence-electron chi connectivity index (χ4n) is 2.86. The highest BCUT2D eigenvalue weighted by molar-refractivity contribution is 5.81. The first-order valence-corrected chi connectivity index (χ1v) is 7.54. The van der Waals surface area contributed by atoms with Gasteiger partial charge in [0.05, 0.1) is 5.69 Å². The molecule has 1 aromatic heterocycles. The van der Waals surface area contributed by atoms with E-state index in [9.17, 15) is 4.39 Å². The number of ether oxygens (including phenoxy) is 1. The molecule has 22 heavy (non-hydrogen) atoms. The molecular weight excluding hydrogens is 277 g/mol. The van der Waals surface area contributed by atoms with Gasteiger partial charge in [-0.05, 0) is 56.7 Å². The third kappa shape index (κ3) is 2.71. The molecule has 0 atom stereocenters. The second-order valence-corrected chi connectivity index (χ2v) is 5.86. The molecule has 1 heterocycles. The van der Waals surface area contributed by atoms with Crippen molar-refractivity contribution >= 4 is 10.9 Å². The number of fused-ring (bicyclic) bond motifs is 1. The quantitative estimate of drug-likeness (QED) is 0.641. The van der Waals surface area contributed by atoms with Crippen LogP contribution in [-0.4, -0.2) is 4.57 Å². The van der Waals surface area contributed by atoms with E-state index in [-0.39, 0.29) is 5.82 Å². The number of aromatic nitrogens is 1. The average molecular weight is 297 g/mol. The number of aryl methyl sites for hydroxylation is 1. The van der Waals surface area contributed by atoms with Crippen molar-refractivity contribution in [3.05, 3.63) is 65.6 Å². The summed E-state index contributed by atoms with van der Waals surface area (Å²) < 4.78 is 21.6. The lowest BCUT2D eigenvalue weighted by molar-refractivity contribution is 0.291. The van der Waals surface area contributed by atoms with Crippen molar-refractivity contribution < 1.29 is 9.13 Å². The Morgan fingerprint density at radius 3 is 2.59 bits per heavy atom. The Morgan fingerprint density at radius 2 is 1.86 bits per heavy atom. The molecule has 0 unspecified atom stereocenters. The summed E-state index contributed by atoms with van der Waals surface area (Å²) in [5, 5.41) is 0.914. The van der Waals surface area contributed by atoms with E-state index in [1.165, 1.54) is 6.07 Å². The van der Waals surface area contributed by atoms with Crippen LogP contribution in [0, 0.1) is 12.7 Å². The number of benzene rings is 2. The van der Waals surface area contributed by atoms with E-state index in [2.05, 4.69) is 18.4 Å². The van der Waals surface area contributed by atoms with Gasteiger partial charge in [-0.2, -0.15) is 0 Å². The first-order valence-electron chi connectivity index (χ1n) is 7.54. The minimum atomic E-state index is -0.209. The molecule has 0 saturated heterocycles. The number of hydrogen-bond acceptors (Lipinski definition) is 1. The van der Waals surface area contributed by atoms with Crippen LogP contribution in [-0.2, 0) is 6.61 Å².